The Kier molecular flexibility index (Phi) is 4.79. The van der Waals surface area contributed by atoms with Crippen molar-refractivity contribution in [1.29, 1.82) is 0 Å². The van der Waals surface area contributed by atoms with Crippen molar-refractivity contribution in [3.05, 3.63) is 0 Å². The number of urea groups is 1. The van der Waals surface area contributed by atoms with E-state index in [1.165, 1.54) is 19.3 Å². The second kappa shape index (κ2) is 6.59. The molecule has 3 rings (SSSR count). The van der Waals surface area contributed by atoms with Crippen molar-refractivity contribution in [3.8, 4) is 0 Å². The molecule has 0 radical (unpaired) electrons. The number of amides is 4. The Labute approximate surface area is 149 Å². The third-order valence-corrected chi connectivity index (χ3v) is 5.93. The molecule has 0 aromatic heterocycles. The van der Waals surface area contributed by atoms with E-state index in [2.05, 4.69) is 29.4 Å². The summed E-state index contributed by atoms with van der Waals surface area (Å²) in [5.41, 5.74) is -0.958. The van der Waals surface area contributed by atoms with Gasteiger partial charge in [-0.2, -0.15) is 0 Å². The van der Waals surface area contributed by atoms with Crippen molar-refractivity contribution in [2.45, 2.75) is 64.0 Å². The van der Waals surface area contributed by atoms with E-state index >= 15 is 0 Å². The molecule has 2 heterocycles. The van der Waals surface area contributed by atoms with Gasteiger partial charge in [0.05, 0.1) is 0 Å². The number of carbonyl (C=O) groups excluding carboxylic acids is 3. The van der Waals surface area contributed by atoms with Crippen molar-refractivity contribution in [2.24, 2.45) is 5.92 Å². The van der Waals surface area contributed by atoms with Crippen LogP contribution in [0.3, 0.4) is 0 Å². The highest BCUT2D eigenvalue weighted by atomic mass is 16.2. The number of rotatable bonds is 6. The Bertz CT molecular complexity index is 567. The summed E-state index contributed by atoms with van der Waals surface area (Å²) in [4.78, 5) is 40.4. The highest BCUT2D eigenvalue weighted by molar-refractivity contribution is 6.09. The van der Waals surface area contributed by atoms with Gasteiger partial charge in [-0.05, 0) is 65.5 Å². The molecule has 0 aromatic carbocycles. The monoisotopic (exact) mass is 350 g/mol. The fourth-order valence-electron chi connectivity index (χ4n) is 3.92. The first-order valence-electron chi connectivity index (χ1n) is 9.40. The second-order valence-corrected chi connectivity index (χ2v) is 8.43. The van der Waals surface area contributed by atoms with Crippen LogP contribution in [-0.4, -0.2) is 64.9 Å². The number of piperidine rings is 1. The lowest BCUT2D eigenvalue weighted by molar-refractivity contribution is -0.135. The summed E-state index contributed by atoms with van der Waals surface area (Å²) in [5, 5.41) is 5.68. The van der Waals surface area contributed by atoms with Crippen molar-refractivity contribution in [3.63, 3.8) is 0 Å². The average molecular weight is 350 g/mol. The number of likely N-dealkylation sites (tertiary alicyclic amines) is 1. The number of imide groups is 1. The van der Waals surface area contributed by atoms with Crippen LogP contribution in [0.5, 0.6) is 0 Å². The first kappa shape index (κ1) is 18.2. The van der Waals surface area contributed by atoms with E-state index < -0.39 is 11.6 Å². The summed E-state index contributed by atoms with van der Waals surface area (Å²) < 4.78 is 0. The van der Waals surface area contributed by atoms with Gasteiger partial charge in [-0.25, -0.2) is 4.79 Å². The van der Waals surface area contributed by atoms with Gasteiger partial charge in [-0.1, -0.05) is 6.42 Å². The maximum absolute atomic E-state index is 12.6. The van der Waals surface area contributed by atoms with E-state index in [4.69, 9.17) is 0 Å². The molecule has 1 unspecified atom stereocenters. The maximum Gasteiger partial charge on any atom is 0.325 e. The van der Waals surface area contributed by atoms with Gasteiger partial charge in [0, 0.05) is 12.1 Å². The van der Waals surface area contributed by atoms with Crippen LogP contribution in [0.4, 0.5) is 4.79 Å². The summed E-state index contributed by atoms with van der Waals surface area (Å²) in [6.45, 7) is 8.42. The summed E-state index contributed by atoms with van der Waals surface area (Å²) >= 11 is 0. The number of hydrogen-bond acceptors (Lipinski definition) is 4. The van der Waals surface area contributed by atoms with Gasteiger partial charge in [0.1, 0.15) is 12.1 Å². The third-order valence-electron chi connectivity index (χ3n) is 5.93. The summed E-state index contributed by atoms with van der Waals surface area (Å²) in [6.07, 6.45) is 5.56. The third kappa shape index (κ3) is 3.66. The Morgan fingerprint density at radius 2 is 1.88 bits per heavy atom. The molecule has 2 aliphatic heterocycles. The Balaban J connectivity index is 1.52. The average Bonchev–Trinajstić information content (AvgIpc) is 3.40. The summed E-state index contributed by atoms with van der Waals surface area (Å²) in [6, 6.07) is -0.454. The minimum absolute atomic E-state index is 0.129. The van der Waals surface area contributed by atoms with Crippen LogP contribution >= 0.6 is 0 Å². The highest BCUT2D eigenvalue weighted by Gasteiger charge is 2.56. The van der Waals surface area contributed by atoms with Crippen molar-refractivity contribution in [1.82, 2.24) is 20.4 Å². The molecule has 2 saturated heterocycles. The highest BCUT2D eigenvalue weighted by Crippen LogP contribution is 2.42. The van der Waals surface area contributed by atoms with Crippen LogP contribution in [0.2, 0.25) is 0 Å². The van der Waals surface area contributed by atoms with Crippen LogP contribution in [0.25, 0.3) is 0 Å². The molecular weight excluding hydrogens is 320 g/mol. The van der Waals surface area contributed by atoms with Gasteiger partial charge in [-0.15, -0.1) is 0 Å². The molecule has 1 atom stereocenters. The number of nitrogens with one attached hydrogen (secondary N) is 2. The first-order valence-corrected chi connectivity index (χ1v) is 9.40. The molecule has 0 aromatic rings. The van der Waals surface area contributed by atoms with Gasteiger partial charge in [0.2, 0.25) is 5.91 Å². The molecule has 3 fully saturated rings. The van der Waals surface area contributed by atoms with Crippen molar-refractivity contribution in [2.75, 3.05) is 26.2 Å². The summed E-state index contributed by atoms with van der Waals surface area (Å²) in [5.74, 6) is -0.353. The molecule has 2 N–H and O–H groups in total. The predicted octanol–water partition coefficient (Wildman–Crippen LogP) is 1.09. The smallest absolute Gasteiger partial charge is 0.325 e. The topological polar surface area (TPSA) is 81.8 Å². The fourth-order valence-corrected chi connectivity index (χ4v) is 3.92. The summed E-state index contributed by atoms with van der Waals surface area (Å²) in [7, 11) is 0. The molecule has 7 heteroatoms. The maximum atomic E-state index is 12.6. The number of nitrogens with zero attached hydrogens (tertiary/aromatic N) is 2. The van der Waals surface area contributed by atoms with Crippen LogP contribution in [0, 0.1) is 5.92 Å². The minimum Gasteiger partial charge on any atom is -0.353 e. The van der Waals surface area contributed by atoms with Gasteiger partial charge >= 0.3 is 6.03 Å². The zero-order valence-corrected chi connectivity index (χ0v) is 15.6. The minimum atomic E-state index is -0.829. The number of carbonyl (C=O) groups is 3. The van der Waals surface area contributed by atoms with E-state index in [0.717, 1.165) is 30.8 Å². The normalized spacial score (nSPS) is 28.2. The van der Waals surface area contributed by atoms with E-state index in [-0.39, 0.29) is 29.8 Å². The number of hydrogen-bond donors (Lipinski definition) is 2. The van der Waals surface area contributed by atoms with Crippen LogP contribution in [0.1, 0.15) is 52.9 Å². The van der Waals surface area contributed by atoms with E-state index in [0.29, 0.717) is 6.54 Å². The largest absolute Gasteiger partial charge is 0.353 e. The molecule has 0 spiro atoms. The van der Waals surface area contributed by atoms with E-state index in [9.17, 15) is 14.4 Å². The van der Waals surface area contributed by atoms with Crippen molar-refractivity contribution < 1.29 is 14.4 Å². The predicted molar refractivity (Wildman–Crippen MR) is 93.9 cm³/mol. The molecule has 1 saturated carbocycles. The Hall–Kier alpha value is -1.63. The molecule has 4 amide bonds. The van der Waals surface area contributed by atoms with Crippen LogP contribution < -0.4 is 10.6 Å². The Morgan fingerprint density at radius 3 is 2.48 bits per heavy atom. The molecule has 0 bridgehead atoms. The molecule has 25 heavy (non-hydrogen) atoms. The van der Waals surface area contributed by atoms with Gasteiger partial charge in [0.25, 0.3) is 5.91 Å². The van der Waals surface area contributed by atoms with E-state index in [1.54, 1.807) is 6.92 Å². The molecular formula is C18H30N4O3. The van der Waals surface area contributed by atoms with Gasteiger partial charge in [-0.3, -0.25) is 19.4 Å². The fraction of sp³-hybridized carbons (Fsp3) is 0.833. The van der Waals surface area contributed by atoms with Crippen LogP contribution in [-0.2, 0) is 9.59 Å². The standard InChI is InChI=1S/C18H30N4O3/c1-17(2,21-9-5-4-6-10-21)12-19-14(23)11-22-15(24)18(3,13-7-8-13)20-16(22)25/h13H,4-12H2,1-3H3,(H,19,23)(H,20,25). The lowest BCUT2D eigenvalue weighted by Crippen LogP contribution is -2.54. The lowest BCUT2D eigenvalue weighted by Gasteiger charge is -2.41. The lowest BCUT2D eigenvalue weighted by atomic mass is 9.96. The first-order chi connectivity index (χ1) is 11.7. The Morgan fingerprint density at radius 1 is 1.24 bits per heavy atom. The molecule has 140 valence electrons. The van der Waals surface area contributed by atoms with Crippen molar-refractivity contribution >= 4 is 17.8 Å². The zero-order valence-electron chi connectivity index (χ0n) is 15.6. The van der Waals surface area contributed by atoms with E-state index in [1.807, 2.05) is 0 Å². The van der Waals surface area contributed by atoms with Gasteiger partial charge < -0.3 is 10.6 Å². The molecule has 7 nitrogen and oxygen atoms in total. The quantitative estimate of drug-likeness (QED) is 0.703. The van der Waals surface area contributed by atoms with Gasteiger partial charge in [0.15, 0.2) is 0 Å². The zero-order chi connectivity index (χ0) is 18.2. The molecule has 3 aliphatic rings. The molecule has 1 aliphatic carbocycles. The second-order valence-electron chi connectivity index (χ2n) is 8.43. The SMILES string of the molecule is CC1(C2CC2)NC(=O)N(CC(=O)NCC(C)(C)N2CCCCC2)C1=O. The van der Waals surface area contributed by atoms with Crippen LogP contribution in [0.15, 0.2) is 0 Å².